The van der Waals surface area contributed by atoms with Crippen LogP contribution in [0.1, 0.15) is 58.8 Å². The Morgan fingerprint density at radius 1 is 1.24 bits per heavy atom. The van der Waals surface area contributed by atoms with Gasteiger partial charge >= 0.3 is 0 Å². The van der Waals surface area contributed by atoms with E-state index in [1.165, 1.54) is 71.1 Å². The lowest BCUT2D eigenvalue weighted by molar-refractivity contribution is 0.120. The molecular weight excluding hydrogens is 208 g/mol. The second-order valence-electron chi connectivity index (χ2n) is 6.45. The smallest absolute Gasteiger partial charge is 0.0280 e. The number of hydrogen-bond acceptors (Lipinski definition) is 2. The molecule has 2 heterocycles. The SMILES string of the molecule is CCCC1CCN(CC2(C)CCCCN2)CC1. The summed E-state index contributed by atoms with van der Waals surface area (Å²) in [6.45, 7) is 9.90. The zero-order chi connectivity index (χ0) is 12.1. The molecule has 2 rings (SSSR count). The van der Waals surface area contributed by atoms with E-state index in [1.807, 2.05) is 0 Å². The van der Waals surface area contributed by atoms with Crippen LogP contribution < -0.4 is 5.32 Å². The van der Waals surface area contributed by atoms with Crippen LogP contribution in [-0.2, 0) is 0 Å². The van der Waals surface area contributed by atoms with Gasteiger partial charge in [0.05, 0.1) is 0 Å². The zero-order valence-electron chi connectivity index (χ0n) is 11.8. The van der Waals surface area contributed by atoms with Crippen LogP contribution in [0.4, 0.5) is 0 Å². The maximum atomic E-state index is 3.74. The molecule has 0 aromatic carbocycles. The van der Waals surface area contributed by atoms with Crippen LogP contribution in [0.5, 0.6) is 0 Å². The van der Waals surface area contributed by atoms with Gasteiger partial charge < -0.3 is 10.2 Å². The van der Waals surface area contributed by atoms with Gasteiger partial charge in [-0.25, -0.2) is 0 Å². The first-order chi connectivity index (χ1) is 8.22. The Kier molecular flexibility index (Phi) is 4.87. The van der Waals surface area contributed by atoms with Crippen molar-refractivity contribution in [1.29, 1.82) is 0 Å². The quantitative estimate of drug-likeness (QED) is 0.810. The molecule has 0 saturated carbocycles. The molecule has 0 radical (unpaired) electrons. The molecule has 0 amide bonds. The number of likely N-dealkylation sites (tertiary alicyclic amines) is 1. The van der Waals surface area contributed by atoms with Gasteiger partial charge in [0, 0.05) is 12.1 Å². The molecule has 2 aliphatic rings. The molecule has 2 heteroatoms. The average Bonchev–Trinajstić information content (AvgIpc) is 2.33. The molecule has 17 heavy (non-hydrogen) atoms. The molecule has 2 aliphatic heterocycles. The number of piperidine rings is 2. The summed E-state index contributed by atoms with van der Waals surface area (Å²) in [6, 6.07) is 0. The maximum Gasteiger partial charge on any atom is 0.0280 e. The zero-order valence-corrected chi connectivity index (χ0v) is 11.8. The Morgan fingerprint density at radius 3 is 2.59 bits per heavy atom. The van der Waals surface area contributed by atoms with Crippen molar-refractivity contribution in [2.24, 2.45) is 5.92 Å². The molecule has 0 bridgehead atoms. The van der Waals surface area contributed by atoms with Crippen molar-refractivity contribution < 1.29 is 0 Å². The summed E-state index contributed by atoms with van der Waals surface area (Å²) in [6.07, 6.45) is 9.83. The van der Waals surface area contributed by atoms with Crippen molar-refractivity contribution in [3.63, 3.8) is 0 Å². The number of rotatable bonds is 4. The minimum absolute atomic E-state index is 0.399. The number of hydrogen-bond donors (Lipinski definition) is 1. The fourth-order valence-corrected chi connectivity index (χ4v) is 3.59. The van der Waals surface area contributed by atoms with Crippen LogP contribution in [0.2, 0.25) is 0 Å². The lowest BCUT2D eigenvalue weighted by Crippen LogP contribution is -2.54. The number of nitrogens with zero attached hydrogens (tertiary/aromatic N) is 1. The van der Waals surface area contributed by atoms with Gasteiger partial charge in [0.25, 0.3) is 0 Å². The molecule has 100 valence electrons. The molecular formula is C15H30N2. The third-order valence-corrected chi connectivity index (χ3v) is 4.68. The summed E-state index contributed by atoms with van der Waals surface area (Å²) in [4.78, 5) is 2.70. The van der Waals surface area contributed by atoms with Crippen LogP contribution in [0.3, 0.4) is 0 Å². The lowest BCUT2D eigenvalue weighted by Gasteiger charge is -2.41. The molecule has 0 aliphatic carbocycles. The summed E-state index contributed by atoms with van der Waals surface area (Å²) >= 11 is 0. The van der Waals surface area contributed by atoms with E-state index in [-0.39, 0.29) is 0 Å². The fraction of sp³-hybridized carbons (Fsp3) is 1.00. The van der Waals surface area contributed by atoms with Crippen molar-refractivity contribution in [1.82, 2.24) is 10.2 Å². The summed E-state index contributed by atoms with van der Waals surface area (Å²) in [5, 5.41) is 3.74. The minimum Gasteiger partial charge on any atom is -0.310 e. The van der Waals surface area contributed by atoms with Crippen molar-refractivity contribution in [2.45, 2.75) is 64.3 Å². The summed E-state index contributed by atoms with van der Waals surface area (Å²) in [5.41, 5.74) is 0.399. The van der Waals surface area contributed by atoms with Crippen LogP contribution >= 0.6 is 0 Å². The molecule has 0 aromatic heterocycles. The maximum absolute atomic E-state index is 3.74. The van der Waals surface area contributed by atoms with Gasteiger partial charge in [-0.1, -0.05) is 26.2 Å². The molecule has 2 fully saturated rings. The predicted molar refractivity (Wildman–Crippen MR) is 74.3 cm³/mol. The van der Waals surface area contributed by atoms with E-state index < -0.39 is 0 Å². The van der Waals surface area contributed by atoms with Crippen molar-refractivity contribution in [3.05, 3.63) is 0 Å². The van der Waals surface area contributed by atoms with Gasteiger partial charge in [-0.2, -0.15) is 0 Å². The van der Waals surface area contributed by atoms with E-state index >= 15 is 0 Å². The standard InChI is InChI=1S/C15H30N2/c1-3-6-14-7-11-17(12-8-14)13-15(2)9-4-5-10-16-15/h14,16H,3-13H2,1-2H3. The van der Waals surface area contributed by atoms with E-state index in [4.69, 9.17) is 0 Å². The largest absolute Gasteiger partial charge is 0.310 e. The average molecular weight is 238 g/mol. The third-order valence-electron chi connectivity index (χ3n) is 4.68. The van der Waals surface area contributed by atoms with Gasteiger partial charge in [-0.3, -0.25) is 0 Å². The molecule has 0 spiro atoms. The van der Waals surface area contributed by atoms with E-state index in [1.54, 1.807) is 0 Å². The van der Waals surface area contributed by atoms with Crippen LogP contribution in [0.25, 0.3) is 0 Å². The topological polar surface area (TPSA) is 15.3 Å². The van der Waals surface area contributed by atoms with Crippen molar-refractivity contribution >= 4 is 0 Å². The normalized spacial score (nSPS) is 32.8. The fourth-order valence-electron chi connectivity index (χ4n) is 3.59. The van der Waals surface area contributed by atoms with Gasteiger partial charge in [-0.05, 0) is 58.2 Å². The molecule has 1 unspecified atom stereocenters. The first kappa shape index (κ1) is 13.4. The van der Waals surface area contributed by atoms with Crippen molar-refractivity contribution in [3.8, 4) is 0 Å². The summed E-state index contributed by atoms with van der Waals surface area (Å²) < 4.78 is 0. The summed E-state index contributed by atoms with van der Waals surface area (Å²) in [5.74, 6) is 1.02. The highest BCUT2D eigenvalue weighted by atomic mass is 15.2. The molecule has 1 atom stereocenters. The van der Waals surface area contributed by atoms with E-state index in [0.717, 1.165) is 5.92 Å². The first-order valence-electron chi connectivity index (χ1n) is 7.69. The second-order valence-corrected chi connectivity index (χ2v) is 6.45. The number of nitrogens with one attached hydrogen (secondary N) is 1. The molecule has 2 saturated heterocycles. The Labute approximate surface area is 107 Å². The van der Waals surface area contributed by atoms with E-state index in [0.29, 0.717) is 5.54 Å². The molecule has 0 aromatic rings. The first-order valence-corrected chi connectivity index (χ1v) is 7.69. The predicted octanol–water partition coefficient (Wildman–Crippen LogP) is 3.03. The van der Waals surface area contributed by atoms with Crippen LogP contribution in [0.15, 0.2) is 0 Å². The third kappa shape index (κ3) is 3.96. The van der Waals surface area contributed by atoms with Crippen LogP contribution in [-0.4, -0.2) is 36.6 Å². The highest BCUT2D eigenvalue weighted by molar-refractivity contribution is 4.90. The van der Waals surface area contributed by atoms with Gasteiger partial charge in [0.2, 0.25) is 0 Å². The lowest BCUT2D eigenvalue weighted by atomic mass is 9.88. The Bertz CT molecular complexity index is 213. The van der Waals surface area contributed by atoms with Gasteiger partial charge in [-0.15, -0.1) is 0 Å². The van der Waals surface area contributed by atoms with Crippen molar-refractivity contribution in [2.75, 3.05) is 26.2 Å². The second kappa shape index (κ2) is 6.19. The van der Waals surface area contributed by atoms with Gasteiger partial charge in [0.15, 0.2) is 0 Å². The molecule has 2 nitrogen and oxygen atoms in total. The monoisotopic (exact) mass is 238 g/mol. The Hall–Kier alpha value is -0.0800. The highest BCUT2D eigenvalue weighted by Crippen LogP contribution is 2.25. The Balaban J connectivity index is 1.73. The van der Waals surface area contributed by atoms with Crippen LogP contribution in [0, 0.1) is 5.92 Å². The Morgan fingerprint density at radius 2 is 2.00 bits per heavy atom. The van der Waals surface area contributed by atoms with E-state index in [2.05, 4.69) is 24.1 Å². The van der Waals surface area contributed by atoms with Gasteiger partial charge in [0.1, 0.15) is 0 Å². The van der Waals surface area contributed by atoms with E-state index in [9.17, 15) is 0 Å². The summed E-state index contributed by atoms with van der Waals surface area (Å²) in [7, 11) is 0. The minimum atomic E-state index is 0.399. The molecule has 1 N–H and O–H groups in total. The highest BCUT2D eigenvalue weighted by Gasteiger charge is 2.30.